The Morgan fingerprint density at radius 3 is 1.58 bits per heavy atom. The molecule has 132 valence electrons. The standard InChI is InChI=1S/C24H36/c1-3-19-5-9-21(10-6-19)17-23-13-15-24(16-14-23)18-22-11-7-20(4-2)8-12-22/h3,13-16,19-22H,1,4-12,17-18H2,2H3. The Morgan fingerprint density at radius 2 is 1.17 bits per heavy atom. The number of benzene rings is 1. The zero-order chi connectivity index (χ0) is 16.8. The van der Waals surface area contributed by atoms with Gasteiger partial charge in [0.1, 0.15) is 0 Å². The minimum atomic E-state index is 0.784. The van der Waals surface area contributed by atoms with Crippen LogP contribution < -0.4 is 0 Å². The summed E-state index contributed by atoms with van der Waals surface area (Å²) in [6, 6.07) is 9.65. The highest BCUT2D eigenvalue weighted by molar-refractivity contribution is 5.23. The lowest BCUT2D eigenvalue weighted by atomic mass is 9.78. The zero-order valence-electron chi connectivity index (χ0n) is 15.7. The van der Waals surface area contributed by atoms with Crippen molar-refractivity contribution >= 4 is 0 Å². The summed E-state index contributed by atoms with van der Waals surface area (Å²) < 4.78 is 0. The van der Waals surface area contributed by atoms with Crippen molar-refractivity contribution in [2.75, 3.05) is 0 Å². The minimum absolute atomic E-state index is 0.784. The van der Waals surface area contributed by atoms with Gasteiger partial charge in [-0.15, -0.1) is 6.58 Å². The molecular weight excluding hydrogens is 288 g/mol. The first-order chi connectivity index (χ1) is 11.8. The van der Waals surface area contributed by atoms with Gasteiger partial charge in [-0.25, -0.2) is 0 Å². The second-order valence-electron chi connectivity index (χ2n) is 8.54. The lowest BCUT2D eigenvalue weighted by molar-refractivity contribution is 0.268. The van der Waals surface area contributed by atoms with Crippen molar-refractivity contribution < 1.29 is 0 Å². The highest BCUT2D eigenvalue weighted by atomic mass is 14.3. The molecule has 0 unspecified atom stereocenters. The maximum Gasteiger partial charge on any atom is -0.0236 e. The maximum atomic E-state index is 3.96. The Balaban J connectivity index is 1.45. The van der Waals surface area contributed by atoms with Gasteiger partial charge in [0.25, 0.3) is 0 Å². The predicted octanol–water partition coefficient (Wildman–Crippen LogP) is 6.98. The van der Waals surface area contributed by atoms with Gasteiger partial charge in [0, 0.05) is 0 Å². The molecule has 0 N–H and O–H groups in total. The second-order valence-corrected chi connectivity index (χ2v) is 8.54. The van der Waals surface area contributed by atoms with Crippen molar-refractivity contribution in [2.24, 2.45) is 23.7 Å². The van der Waals surface area contributed by atoms with E-state index < -0.39 is 0 Å². The quantitative estimate of drug-likeness (QED) is 0.495. The lowest BCUT2D eigenvalue weighted by Gasteiger charge is -2.28. The first-order valence-corrected chi connectivity index (χ1v) is 10.5. The summed E-state index contributed by atoms with van der Waals surface area (Å²) >= 11 is 0. The van der Waals surface area contributed by atoms with Crippen LogP contribution in [-0.2, 0) is 12.8 Å². The van der Waals surface area contributed by atoms with Crippen molar-refractivity contribution in [3.63, 3.8) is 0 Å². The fourth-order valence-corrected chi connectivity index (χ4v) is 4.95. The summed E-state index contributed by atoms with van der Waals surface area (Å²) in [5, 5.41) is 0. The average molecular weight is 325 g/mol. The number of rotatable bonds is 6. The molecule has 2 fully saturated rings. The Bertz CT molecular complexity index is 481. The van der Waals surface area contributed by atoms with Gasteiger partial charge in [-0.05, 0) is 86.2 Å². The normalized spacial score (nSPS) is 30.9. The second kappa shape index (κ2) is 8.88. The van der Waals surface area contributed by atoms with Crippen molar-refractivity contribution in [2.45, 2.75) is 77.6 Å². The van der Waals surface area contributed by atoms with E-state index in [1.165, 1.54) is 70.6 Å². The third kappa shape index (κ3) is 4.98. The molecular formula is C24H36. The third-order valence-corrected chi connectivity index (χ3v) is 6.84. The van der Waals surface area contributed by atoms with Crippen LogP contribution in [0.3, 0.4) is 0 Å². The molecule has 0 saturated heterocycles. The lowest BCUT2D eigenvalue weighted by Crippen LogP contribution is -2.16. The highest BCUT2D eigenvalue weighted by Gasteiger charge is 2.21. The van der Waals surface area contributed by atoms with Crippen molar-refractivity contribution in [1.29, 1.82) is 0 Å². The van der Waals surface area contributed by atoms with Crippen LogP contribution in [0, 0.1) is 23.7 Å². The van der Waals surface area contributed by atoms with E-state index in [0.717, 1.165) is 23.7 Å². The van der Waals surface area contributed by atoms with Gasteiger partial charge in [0.15, 0.2) is 0 Å². The van der Waals surface area contributed by atoms with Crippen LogP contribution in [-0.4, -0.2) is 0 Å². The Kier molecular flexibility index (Phi) is 6.58. The van der Waals surface area contributed by atoms with Crippen LogP contribution in [0.15, 0.2) is 36.9 Å². The molecule has 3 rings (SSSR count). The summed E-state index contributed by atoms with van der Waals surface area (Å²) in [6.45, 7) is 6.31. The largest absolute Gasteiger partial charge is 0.103 e. The third-order valence-electron chi connectivity index (χ3n) is 6.84. The molecule has 0 bridgehead atoms. The van der Waals surface area contributed by atoms with E-state index in [1.807, 2.05) is 0 Å². The van der Waals surface area contributed by atoms with Crippen molar-refractivity contribution in [1.82, 2.24) is 0 Å². The van der Waals surface area contributed by atoms with E-state index in [4.69, 9.17) is 0 Å². The maximum absolute atomic E-state index is 3.96. The fourth-order valence-electron chi connectivity index (χ4n) is 4.95. The average Bonchev–Trinajstić information content (AvgIpc) is 2.65. The molecule has 0 nitrogen and oxygen atoms in total. The molecule has 1 aromatic carbocycles. The van der Waals surface area contributed by atoms with E-state index in [-0.39, 0.29) is 0 Å². The number of hydrogen-bond donors (Lipinski definition) is 0. The Morgan fingerprint density at radius 1 is 0.750 bits per heavy atom. The summed E-state index contributed by atoms with van der Waals surface area (Å²) in [5.74, 6) is 3.63. The Labute approximate surface area is 149 Å². The first-order valence-electron chi connectivity index (χ1n) is 10.5. The molecule has 24 heavy (non-hydrogen) atoms. The molecule has 0 heteroatoms. The van der Waals surface area contributed by atoms with Gasteiger partial charge in [-0.1, -0.05) is 56.5 Å². The minimum Gasteiger partial charge on any atom is -0.103 e. The zero-order valence-corrected chi connectivity index (χ0v) is 15.7. The van der Waals surface area contributed by atoms with Crippen LogP contribution in [0.5, 0.6) is 0 Å². The van der Waals surface area contributed by atoms with E-state index in [1.54, 1.807) is 11.1 Å². The topological polar surface area (TPSA) is 0 Å². The van der Waals surface area contributed by atoms with E-state index in [0.29, 0.717) is 0 Å². The number of hydrogen-bond acceptors (Lipinski definition) is 0. The highest BCUT2D eigenvalue weighted by Crippen LogP contribution is 2.33. The summed E-state index contributed by atoms with van der Waals surface area (Å²) in [6.07, 6.45) is 17.5. The molecule has 1 aromatic rings. The molecule has 0 spiro atoms. The molecule has 0 atom stereocenters. The van der Waals surface area contributed by atoms with Gasteiger partial charge in [-0.2, -0.15) is 0 Å². The van der Waals surface area contributed by atoms with E-state index in [2.05, 4.69) is 43.8 Å². The summed E-state index contributed by atoms with van der Waals surface area (Å²) in [4.78, 5) is 0. The Hall–Kier alpha value is -1.04. The van der Waals surface area contributed by atoms with Crippen LogP contribution in [0.4, 0.5) is 0 Å². The number of allylic oxidation sites excluding steroid dienone is 1. The van der Waals surface area contributed by atoms with Gasteiger partial charge >= 0.3 is 0 Å². The first kappa shape index (κ1) is 17.8. The molecule has 0 radical (unpaired) electrons. The van der Waals surface area contributed by atoms with Crippen LogP contribution in [0.25, 0.3) is 0 Å². The van der Waals surface area contributed by atoms with Crippen LogP contribution in [0.1, 0.15) is 75.8 Å². The van der Waals surface area contributed by atoms with Gasteiger partial charge in [0.05, 0.1) is 0 Å². The van der Waals surface area contributed by atoms with Gasteiger partial charge in [-0.3, -0.25) is 0 Å². The van der Waals surface area contributed by atoms with Crippen LogP contribution in [0.2, 0.25) is 0 Å². The smallest absolute Gasteiger partial charge is 0.0236 e. The van der Waals surface area contributed by atoms with Crippen molar-refractivity contribution in [3.05, 3.63) is 48.0 Å². The summed E-state index contributed by atoms with van der Waals surface area (Å²) in [7, 11) is 0. The van der Waals surface area contributed by atoms with Crippen molar-refractivity contribution in [3.8, 4) is 0 Å². The molecule has 0 aromatic heterocycles. The van der Waals surface area contributed by atoms with E-state index in [9.17, 15) is 0 Å². The molecule has 0 aliphatic heterocycles. The monoisotopic (exact) mass is 324 g/mol. The van der Waals surface area contributed by atoms with E-state index >= 15 is 0 Å². The SMILES string of the molecule is C=CC1CCC(Cc2ccc(CC3CCC(CC)CC3)cc2)CC1. The molecule has 2 aliphatic rings. The fraction of sp³-hybridized carbons (Fsp3) is 0.667. The molecule has 0 heterocycles. The predicted molar refractivity (Wildman–Crippen MR) is 105 cm³/mol. The summed E-state index contributed by atoms with van der Waals surface area (Å²) in [5.41, 5.74) is 3.12. The van der Waals surface area contributed by atoms with Crippen LogP contribution >= 0.6 is 0 Å². The molecule has 2 aliphatic carbocycles. The van der Waals surface area contributed by atoms with Gasteiger partial charge < -0.3 is 0 Å². The molecule has 0 amide bonds. The van der Waals surface area contributed by atoms with Gasteiger partial charge in [0.2, 0.25) is 0 Å². The molecule has 2 saturated carbocycles.